The van der Waals surface area contributed by atoms with Gasteiger partial charge in [0.15, 0.2) is 0 Å². The number of aromatic nitrogens is 2. The van der Waals surface area contributed by atoms with E-state index < -0.39 is 0 Å². The molecule has 1 aromatic carbocycles. The highest BCUT2D eigenvalue weighted by atomic mass is 16.2. The summed E-state index contributed by atoms with van der Waals surface area (Å²) in [5.74, 6) is 0. The second kappa shape index (κ2) is 8.75. The van der Waals surface area contributed by atoms with Crippen LogP contribution in [0.4, 0.5) is 4.79 Å². The molecule has 2 aromatic rings. The number of carbonyl (C=O) groups is 1. The van der Waals surface area contributed by atoms with Crippen LogP contribution >= 0.6 is 0 Å². The molecule has 1 N–H and O–H groups in total. The molecular formula is C21H32N6O. The van der Waals surface area contributed by atoms with Crippen LogP contribution < -0.4 is 5.32 Å². The molecule has 0 saturated heterocycles. The molecule has 7 heteroatoms. The second-order valence-electron chi connectivity index (χ2n) is 8.00. The average molecular weight is 385 g/mol. The van der Waals surface area contributed by atoms with Crippen molar-refractivity contribution < 1.29 is 4.79 Å². The third-order valence-electron chi connectivity index (χ3n) is 5.40. The third kappa shape index (κ3) is 4.91. The lowest BCUT2D eigenvalue weighted by atomic mass is 10.0. The molecule has 0 fully saturated rings. The number of benzene rings is 1. The number of fused-ring (bicyclic) bond motifs is 1. The van der Waals surface area contributed by atoms with Crippen molar-refractivity contribution in [1.82, 2.24) is 29.8 Å². The highest BCUT2D eigenvalue weighted by molar-refractivity contribution is 5.73. The van der Waals surface area contributed by atoms with Gasteiger partial charge in [-0.2, -0.15) is 5.10 Å². The molecule has 152 valence electrons. The molecule has 0 radical (unpaired) electrons. The number of urea groups is 1. The normalized spacial score (nSPS) is 15.4. The van der Waals surface area contributed by atoms with Gasteiger partial charge in [0.1, 0.15) is 0 Å². The van der Waals surface area contributed by atoms with E-state index in [1.54, 1.807) is 14.1 Å². The summed E-state index contributed by atoms with van der Waals surface area (Å²) >= 11 is 0. The lowest BCUT2D eigenvalue weighted by Crippen LogP contribution is -2.34. The first-order valence-electron chi connectivity index (χ1n) is 9.82. The minimum absolute atomic E-state index is 0.0976. The molecule has 2 heterocycles. The van der Waals surface area contributed by atoms with Crippen LogP contribution in [0.2, 0.25) is 0 Å². The molecule has 0 saturated carbocycles. The first-order chi connectivity index (χ1) is 13.3. The van der Waals surface area contributed by atoms with E-state index in [2.05, 4.69) is 76.2 Å². The van der Waals surface area contributed by atoms with E-state index in [9.17, 15) is 4.79 Å². The maximum atomic E-state index is 11.7. The molecule has 2 amide bonds. The number of nitrogens with one attached hydrogen (secondary N) is 1. The van der Waals surface area contributed by atoms with Gasteiger partial charge in [-0.25, -0.2) is 4.79 Å². The molecule has 7 nitrogen and oxygen atoms in total. The summed E-state index contributed by atoms with van der Waals surface area (Å²) in [5.41, 5.74) is 4.79. The molecule has 1 aromatic heterocycles. The molecule has 0 spiro atoms. The topological polar surface area (TPSA) is 56.6 Å². The van der Waals surface area contributed by atoms with E-state index in [0.29, 0.717) is 12.6 Å². The lowest BCUT2D eigenvalue weighted by Gasteiger charge is -2.27. The number of nitrogens with zero attached hydrogens (tertiary/aromatic N) is 5. The monoisotopic (exact) mass is 384 g/mol. The Morgan fingerprint density at radius 3 is 2.54 bits per heavy atom. The van der Waals surface area contributed by atoms with Gasteiger partial charge in [-0.3, -0.25) is 9.58 Å². The molecule has 28 heavy (non-hydrogen) atoms. The summed E-state index contributed by atoms with van der Waals surface area (Å²) in [7, 11) is 7.68. The Hall–Kier alpha value is -2.38. The maximum Gasteiger partial charge on any atom is 0.317 e. The summed E-state index contributed by atoms with van der Waals surface area (Å²) in [6.07, 6.45) is 0. The molecule has 1 aliphatic heterocycles. The Balaban J connectivity index is 1.57. The van der Waals surface area contributed by atoms with Gasteiger partial charge >= 0.3 is 6.03 Å². The first kappa shape index (κ1) is 20.4. The highest BCUT2D eigenvalue weighted by Crippen LogP contribution is 2.20. The third-order valence-corrected chi connectivity index (χ3v) is 5.40. The Morgan fingerprint density at radius 1 is 1.18 bits per heavy atom. The van der Waals surface area contributed by atoms with E-state index in [4.69, 9.17) is 0 Å². The molecule has 1 atom stereocenters. The van der Waals surface area contributed by atoms with Crippen molar-refractivity contribution >= 4 is 6.03 Å². The van der Waals surface area contributed by atoms with E-state index >= 15 is 0 Å². The van der Waals surface area contributed by atoms with Crippen LogP contribution in [0, 0.1) is 0 Å². The van der Waals surface area contributed by atoms with Crippen LogP contribution in [-0.2, 0) is 26.2 Å². The van der Waals surface area contributed by atoms with Gasteiger partial charge < -0.3 is 15.1 Å². The van der Waals surface area contributed by atoms with Crippen LogP contribution in [0.3, 0.4) is 0 Å². The van der Waals surface area contributed by atoms with E-state index in [-0.39, 0.29) is 6.03 Å². The standard InChI is InChI=1S/C21H32N6O/c1-16(24(2)3)18-8-6-17(7-9-18)14-26-10-11-27-20(15-26)12-19(23-27)13-22-21(28)25(4)5/h6-9,12,16H,10-11,13-15H2,1-5H3,(H,22,28)/t16-/m1/s1. The zero-order valence-corrected chi connectivity index (χ0v) is 17.6. The molecular weight excluding hydrogens is 352 g/mol. The number of amides is 2. The number of carbonyl (C=O) groups excluding carboxylic acids is 1. The molecule has 0 bridgehead atoms. The smallest absolute Gasteiger partial charge is 0.317 e. The lowest BCUT2D eigenvalue weighted by molar-refractivity contribution is 0.205. The number of hydrogen-bond donors (Lipinski definition) is 1. The Kier molecular flexibility index (Phi) is 6.36. The van der Waals surface area contributed by atoms with Crippen LogP contribution in [0.5, 0.6) is 0 Å². The fourth-order valence-electron chi connectivity index (χ4n) is 3.38. The van der Waals surface area contributed by atoms with Crippen molar-refractivity contribution in [2.45, 2.75) is 39.1 Å². The van der Waals surface area contributed by atoms with E-state index in [1.807, 2.05) is 0 Å². The predicted octanol–water partition coefficient (Wildman–Crippen LogP) is 2.29. The maximum absolute atomic E-state index is 11.7. The fourth-order valence-corrected chi connectivity index (χ4v) is 3.38. The largest absolute Gasteiger partial charge is 0.332 e. The SMILES string of the molecule is C[C@H](c1ccc(CN2CCn3nc(CNC(=O)N(C)C)cc3C2)cc1)N(C)C. The van der Waals surface area contributed by atoms with Crippen molar-refractivity contribution in [3.8, 4) is 0 Å². The Morgan fingerprint density at radius 2 is 1.89 bits per heavy atom. The van der Waals surface area contributed by atoms with E-state index in [0.717, 1.165) is 31.9 Å². The average Bonchev–Trinajstić information content (AvgIpc) is 3.08. The minimum atomic E-state index is -0.0976. The van der Waals surface area contributed by atoms with Gasteiger partial charge in [-0.05, 0) is 38.2 Å². The number of hydrogen-bond acceptors (Lipinski definition) is 4. The molecule has 0 unspecified atom stereocenters. The molecule has 1 aliphatic rings. The molecule has 0 aliphatic carbocycles. The van der Waals surface area contributed by atoms with Crippen molar-refractivity contribution in [3.05, 3.63) is 52.8 Å². The predicted molar refractivity (Wildman–Crippen MR) is 111 cm³/mol. The van der Waals surface area contributed by atoms with Crippen LogP contribution in [0.15, 0.2) is 30.3 Å². The quantitative estimate of drug-likeness (QED) is 0.830. The van der Waals surface area contributed by atoms with Gasteiger partial charge in [-0.1, -0.05) is 24.3 Å². The summed E-state index contributed by atoms with van der Waals surface area (Å²) in [5, 5.41) is 7.50. The van der Waals surface area contributed by atoms with Crippen molar-refractivity contribution in [1.29, 1.82) is 0 Å². The van der Waals surface area contributed by atoms with Gasteiger partial charge in [-0.15, -0.1) is 0 Å². The summed E-state index contributed by atoms with van der Waals surface area (Å²) in [4.78, 5) is 17.9. The first-order valence-corrected chi connectivity index (χ1v) is 9.82. The van der Waals surface area contributed by atoms with E-state index in [1.165, 1.54) is 21.7 Å². The summed E-state index contributed by atoms with van der Waals surface area (Å²) in [6, 6.07) is 11.4. The zero-order valence-electron chi connectivity index (χ0n) is 17.6. The van der Waals surface area contributed by atoms with Crippen LogP contribution in [0.1, 0.15) is 35.5 Å². The summed E-state index contributed by atoms with van der Waals surface area (Å²) < 4.78 is 2.06. The number of rotatable bonds is 6. The zero-order chi connectivity index (χ0) is 20.3. The van der Waals surface area contributed by atoms with Gasteiger partial charge in [0.2, 0.25) is 0 Å². The van der Waals surface area contributed by atoms with Crippen LogP contribution in [0.25, 0.3) is 0 Å². The van der Waals surface area contributed by atoms with Gasteiger partial charge in [0.05, 0.1) is 24.5 Å². The highest BCUT2D eigenvalue weighted by Gasteiger charge is 2.19. The van der Waals surface area contributed by atoms with Crippen LogP contribution in [-0.4, -0.2) is 65.2 Å². The Bertz CT molecular complexity index is 796. The fraction of sp³-hybridized carbons (Fsp3) is 0.524. The van der Waals surface area contributed by atoms with Crippen molar-refractivity contribution in [2.24, 2.45) is 0 Å². The van der Waals surface area contributed by atoms with Gasteiger partial charge in [0.25, 0.3) is 0 Å². The second-order valence-corrected chi connectivity index (χ2v) is 8.00. The molecule has 3 rings (SSSR count). The summed E-state index contributed by atoms with van der Waals surface area (Å²) in [6.45, 7) is 6.36. The van der Waals surface area contributed by atoms with Crippen molar-refractivity contribution in [3.63, 3.8) is 0 Å². The Labute approximate surface area is 167 Å². The van der Waals surface area contributed by atoms with Crippen molar-refractivity contribution in [2.75, 3.05) is 34.7 Å². The minimum Gasteiger partial charge on any atom is -0.332 e. The van der Waals surface area contributed by atoms with Gasteiger partial charge in [0, 0.05) is 39.8 Å².